The van der Waals surface area contributed by atoms with E-state index in [1.807, 2.05) is 0 Å². The lowest BCUT2D eigenvalue weighted by Crippen LogP contribution is -2.16. The van der Waals surface area contributed by atoms with E-state index in [9.17, 15) is 22.4 Å². The molecule has 0 bridgehead atoms. The number of benzene rings is 2. The van der Waals surface area contributed by atoms with Gasteiger partial charge in [0, 0.05) is 11.8 Å². The van der Waals surface area contributed by atoms with Crippen LogP contribution in [0.2, 0.25) is 5.02 Å². The first-order valence-electron chi connectivity index (χ1n) is 6.53. The molecule has 0 aliphatic carbocycles. The van der Waals surface area contributed by atoms with E-state index in [0.717, 1.165) is 18.2 Å². The molecule has 126 valence electrons. The number of amides is 1. The highest BCUT2D eigenvalue weighted by atomic mass is 35.5. The normalized spacial score (nSPS) is 11.5. The summed E-state index contributed by atoms with van der Waals surface area (Å²) >= 11 is 5.59. The van der Waals surface area contributed by atoms with Crippen LogP contribution < -0.4 is 10.1 Å². The second-order valence-corrected chi connectivity index (χ2v) is 4.98. The molecule has 8 heteroatoms. The van der Waals surface area contributed by atoms with Crippen molar-refractivity contribution in [1.29, 1.82) is 0 Å². The average Bonchev–Trinajstić information content (AvgIpc) is 2.49. The SMILES string of the molecule is O=C(/C=C\c1ccc(OC(F)(F)F)cc1)Nc1ccc(F)c(Cl)c1. The summed E-state index contributed by atoms with van der Waals surface area (Å²) in [4.78, 5) is 11.7. The third-order valence-electron chi connectivity index (χ3n) is 2.73. The Balaban J connectivity index is 1.97. The second-order valence-electron chi connectivity index (χ2n) is 4.57. The fourth-order valence-electron chi connectivity index (χ4n) is 1.71. The number of hydrogen-bond donors (Lipinski definition) is 1. The van der Waals surface area contributed by atoms with Crippen molar-refractivity contribution < 1.29 is 27.1 Å². The summed E-state index contributed by atoms with van der Waals surface area (Å²) in [6, 6.07) is 8.69. The highest BCUT2D eigenvalue weighted by molar-refractivity contribution is 6.31. The molecular weight excluding hydrogens is 350 g/mol. The summed E-state index contributed by atoms with van der Waals surface area (Å²) in [5.74, 6) is -1.47. The fourth-order valence-corrected chi connectivity index (χ4v) is 1.89. The van der Waals surface area contributed by atoms with Gasteiger partial charge in [0.15, 0.2) is 0 Å². The van der Waals surface area contributed by atoms with Crippen LogP contribution in [0.15, 0.2) is 48.5 Å². The first-order valence-corrected chi connectivity index (χ1v) is 6.91. The van der Waals surface area contributed by atoms with Crippen molar-refractivity contribution >= 4 is 29.3 Å². The Bertz CT molecular complexity index is 758. The van der Waals surface area contributed by atoms with E-state index >= 15 is 0 Å². The molecule has 0 saturated heterocycles. The monoisotopic (exact) mass is 359 g/mol. The Morgan fingerprint density at radius 2 is 1.79 bits per heavy atom. The highest BCUT2D eigenvalue weighted by Crippen LogP contribution is 2.23. The van der Waals surface area contributed by atoms with Crippen molar-refractivity contribution in [3.63, 3.8) is 0 Å². The van der Waals surface area contributed by atoms with E-state index in [1.165, 1.54) is 36.4 Å². The van der Waals surface area contributed by atoms with Crippen LogP contribution >= 0.6 is 11.6 Å². The minimum Gasteiger partial charge on any atom is -0.406 e. The van der Waals surface area contributed by atoms with Gasteiger partial charge in [-0.1, -0.05) is 23.7 Å². The van der Waals surface area contributed by atoms with Crippen molar-refractivity contribution in [2.45, 2.75) is 6.36 Å². The van der Waals surface area contributed by atoms with Gasteiger partial charge in [0.2, 0.25) is 5.91 Å². The first-order chi connectivity index (χ1) is 11.2. The molecule has 1 N–H and O–H groups in total. The molecule has 24 heavy (non-hydrogen) atoms. The molecule has 0 radical (unpaired) electrons. The van der Waals surface area contributed by atoms with E-state index in [-0.39, 0.29) is 10.8 Å². The van der Waals surface area contributed by atoms with Crippen LogP contribution in [-0.2, 0) is 4.79 Å². The lowest BCUT2D eigenvalue weighted by atomic mass is 10.2. The maximum atomic E-state index is 13.0. The van der Waals surface area contributed by atoms with Crippen LogP contribution in [0.1, 0.15) is 5.56 Å². The van der Waals surface area contributed by atoms with Crippen LogP contribution in [0.4, 0.5) is 23.2 Å². The van der Waals surface area contributed by atoms with Crippen molar-refractivity contribution in [3.05, 3.63) is 64.9 Å². The van der Waals surface area contributed by atoms with Gasteiger partial charge >= 0.3 is 6.36 Å². The molecule has 2 aromatic carbocycles. The molecule has 0 saturated carbocycles. The molecule has 0 aliphatic heterocycles. The van der Waals surface area contributed by atoms with Crippen molar-refractivity contribution in [2.75, 3.05) is 5.32 Å². The smallest absolute Gasteiger partial charge is 0.406 e. The summed E-state index contributed by atoms with van der Waals surface area (Å²) in [5, 5.41) is 2.34. The number of nitrogens with one attached hydrogen (secondary N) is 1. The Labute approximate surface area is 139 Å². The molecule has 0 atom stereocenters. The van der Waals surface area contributed by atoms with Gasteiger partial charge in [-0.2, -0.15) is 0 Å². The molecule has 3 nitrogen and oxygen atoms in total. The maximum absolute atomic E-state index is 13.0. The molecule has 0 aromatic heterocycles. The van der Waals surface area contributed by atoms with Crippen LogP contribution in [0.25, 0.3) is 6.08 Å². The van der Waals surface area contributed by atoms with Crippen molar-refractivity contribution in [1.82, 2.24) is 0 Å². The van der Waals surface area contributed by atoms with Gasteiger partial charge in [0.1, 0.15) is 11.6 Å². The predicted octanol–water partition coefficient (Wildman–Crippen LogP) is 5.03. The largest absolute Gasteiger partial charge is 0.573 e. The van der Waals surface area contributed by atoms with Crippen LogP contribution in [0, 0.1) is 5.82 Å². The van der Waals surface area contributed by atoms with Gasteiger partial charge in [-0.05, 0) is 42.0 Å². The Morgan fingerprint density at radius 3 is 2.38 bits per heavy atom. The third kappa shape index (κ3) is 5.58. The zero-order valence-corrected chi connectivity index (χ0v) is 12.7. The van der Waals surface area contributed by atoms with Crippen LogP contribution in [0.3, 0.4) is 0 Å². The zero-order chi connectivity index (χ0) is 17.7. The fraction of sp³-hybridized carbons (Fsp3) is 0.0625. The molecule has 0 fully saturated rings. The maximum Gasteiger partial charge on any atom is 0.573 e. The number of ether oxygens (including phenoxy) is 1. The molecule has 0 aliphatic rings. The minimum absolute atomic E-state index is 0.128. The summed E-state index contributed by atoms with van der Waals surface area (Å²) in [6.07, 6.45) is -2.18. The Hall–Kier alpha value is -2.54. The molecular formula is C16H10ClF4NO2. The van der Waals surface area contributed by atoms with E-state index in [1.54, 1.807) is 0 Å². The molecule has 2 rings (SSSR count). The van der Waals surface area contributed by atoms with Gasteiger partial charge in [-0.25, -0.2) is 4.39 Å². The molecule has 1 amide bonds. The van der Waals surface area contributed by atoms with Gasteiger partial charge in [-0.3, -0.25) is 4.79 Å². The third-order valence-corrected chi connectivity index (χ3v) is 3.02. The van der Waals surface area contributed by atoms with Crippen LogP contribution in [-0.4, -0.2) is 12.3 Å². The van der Waals surface area contributed by atoms with E-state index in [0.29, 0.717) is 11.3 Å². The quantitative estimate of drug-likeness (QED) is 0.614. The number of anilines is 1. The average molecular weight is 360 g/mol. The standard InChI is InChI=1S/C16H10ClF4NO2/c17-13-9-11(4-7-14(13)18)22-15(23)8-3-10-1-5-12(6-2-10)24-16(19,20)21/h1-9H,(H,22,23)/b8-3-. The lowest BCUT2D eigenvalue weighted by molar-refractivity contribution is -0.274. The summed E-state index contributed by atoms with van der Waals surface area (Å²) in [5.41, 5.74) is 0.807. The van der Waals surface area contributed by atoms with E-state index < -0.39 is 18.1 Å². The number of halogens is 5. The number of carbonyl (C=O) groups is 1. The molecule has 0 spiro atoms. The summed E-state index contributed by atoms with van der Waals surface area (Å²) in [6.45, 7) is 0. The van der Waals surface area contributed by atoms with Gasteiger partial charge in [-0.15, -0.1) is 13.2 Å². The van der Waals surface area contributed by atoms with E-state index in [2.05, 4.69) is 10.1 Å². The number of rotatable bonds is 4. The van der Waals surface area contributed by atoms with Crippen LogP contribution in [0.5, 0.6) is 5.75 Å². The summed E-state index contributed by atoms with van der Waals surface area (Å²) < 4.78 is 52.8. The summed E-state index contributed by atoms with van der Waals surface area (Å²) in [7, 11) is 0. The number of carbonyl (C=O) groups excluding carboxylic acids is 1. The predicted molar refractivity (Wildman–Crippen MR) is 82.2 cm³/mol. The first kappa shape index (κ1) is 17.8. The topological polar surface area (TPSA) is 38.3 Å². The highest BCUT2D eigenvalue weighted by Gasteiger charge is 2.30. The minimum atomic E-state index is -4.76. The van der Waals surface area contributed by atoms with Crippen molar-refractivity contribution in [3.8, 4) is 5.75 Å². The van der Waals surface area contributed by atoms with E-state index in [4.69, 9.17) is 11.6 Å². The Morgan fingerprint density at radius 1 is 1.12 bits per heavy atom. The second kappa shape index (κ2) is 7.35. The van der Waals surface area contributed by atoms with Gasteiger partial charge < -0.3 is 10.1 Å². The van der Waals surface area contributed by atoms with Gasteiger partial charge in [0.25, 0.3) is 0 Å². The molecule has 2 aromatic rings. The Kier molecular flexibility index (Phi) is 5.46. The number of alkyl halides is 3. The lowest BCUT2D eigenvalue weighted by Gasteiger charge is -2.08. The molecule has 0 heterocycles. The van der Waals surface area contributed by atoms with Crippen molar-refractivity contribution in [2.24, 2.45) is 0 Å². The van der Waals surface area contributed by atoms with Gasteiger partial charge in [0.05, 0.1) is 5.02 Å². The number of hydrogen-bond acceptors (Lipinski definition) is 2. The zero-order valence-electron chi connectivity index (χ0n) is 11.9. The molecule has 0 unspecified atom stereocenters.